The zero-order chi connectivity index (χ0) is 14.8. The van der Waals surface area contributed by atoms with Gasteiger partial charge >= 0.3 is 0 Å². The molecular weight excluding hydrogens is 348 g/mol. The molecule has 0 amide bonds. The molecule has 3 rings (SSSR count). The number of piperazine rings is 1. The largest absolute Gasteiger partial charge is 0.367 e. The Morgan fingerprint density at radius 2 is 1.95 bits per heavy atom. The van der Waals surface area contributed by atoms with Crippen molar-refractivity contribution in [2.75, 3.05) is 36.0 Å². The van der Waals surface area contributed by atoms with Crippen LogP contribution in [0.3, 0.4) is 0 Å². The summed E-state index contributed by atoms with van der Waals surface area (Å²) in [5, 5.41) is 3.16. The van der Waals surface area contributed by atoms with E-state index in [4.69, 9.17) is 5.73 Å². The number of benzene rings is 1. The number of nitrogens with two attached hydrogens (primary N) is 1. The molecule has 1 saturated heterocycles. The second-order valence-electron chi connectivity index (χ2n) is 5.29. The molecule has 2 aromatic rings. The fraction of sp³-hybridized carbons (Fsp3) is 0.400. The summed E-state index contributed by atoms with van der Waals surface area (Å²) in [6.07, 6.45) is 1.87. The van der Waals surface area contributed by atoms with Gasteiger partial charge in [-0.1, -0.05) is 6.07 Å². The van der Waals surface area contributed by atoms with E-state index in [0.29, 0.717) is 0 Å². The van der Waals surface area contributed by atoms with Crippen LogP contribution in [-0.2, 0) is 0 Å². The Bertz CT molecular complexity index is 592. The highest BCUT2D eigenvalue weighted by Crippen LogP contribution is 2.30. The van der Waals surface area contributed by atoms with Gasteiger partial charge < -0.3 is 15.5 Å². The van der Waals surface area contributed by atoms with Crippen LogP contribution in [0.4, 0.5) is 10.8 Å². The highest BCUT2D eigenvalue weighted by atomic mass is 79.9. The van der Waals surface area contributed by atoms with Crippen molar-refractivity contribution in [1.29, 1.82) is 0 Å². The van der Waals surface area contributed by atoms with Crippen molar-refractivity contribution in [2.45, 2.75) is 13.0 Å². The lowest BCUT2D eigenvalue weighted by Gasteiger charge is -2.36. The zero-order valence-electron chi connectivity index (χ0n) is 12.0. The van der Waals surface area contributed by atoms with Gasteiger partial charge in [0, 0.05) is 48.3 Å². The summed E-state index contributed by atoms with van der Waals surface area (Å²) in [6.45, 7) is 6.05. The maximum Gasteiger partial charge on any atom is 0.185 e. The van der Waals surface area contributed by atoms with E-state index in [9.17, 15) is 0 Å². The minimum absolute atomic E-state index is 0.0668. The minimum Gasteiger partial charge on any atom is -0.367 e. The third-order valence-corrected chi connectivity index (χ3v) is 5.28. The number of hydrogen-bond acceptors (Lipinski definition) is 5. The molecule has 0 unspecified atom stereocenters. The standard InChI is InChI=1S/C15H19BrN4S/c1-11(17)12-2-3-14(13(16)10-12)19-5-7-20(8-6-19)15-18-4-9-21-15/h2-4,9-11H,5-8,17H2,1H3/t11-/m0/s1. The van der Waals surface area contributed by atoms with E-state index in [1.807, 2.05) is 18.5 Å². The molecule has 0 bridgehead atoms. The Morgan fingerprint density at radius 1 is 1.24 bits per heavy atom. The molecule has 21 heavy (non-hydrogen) atoms. The molecule has 6 heteroatoms. The van der Waals surface area contributed by atoms with Crippen molar-refractivity contribution in [3.05, 3.63) is 39.8 Å². The molecule has 1 fully saturated rings. The van der Waals surface area contributed by atoms with E-state index in [2.05, 4.69) is 48.9 Å². The molecule has 2 N–H and O–H groups in total. The highest BCUT2D eigenvalue weighted by molar-refractivity contribution is 9.10. The fourth-order valence-electron chi connectivity index (χ4n) is 2.57. The Balaban J connectivity index is 1.69. The van der Waals surface area contributed by atoms with E-state index >= 15 is 0 Å². The van der Waals surface area contributed by atoms with E-state index in [1.54, 1.807) is 11.3 Å². The van der Waals surface area contributed by atoms with E-state index < -0.39 is 0 Å². The van der Waals surface area contributed by atoms with Crippen molar-refractivity contribution in [2.24, 2.45) is 5.73 Å². The lowest BCUT2D eigenvalue weighted by molar-refractivity contribution is 0.651. The summed E-state index contributed by atoms with van der Waals surface area (Å²) in [5.74, 6) is 0. The van der Waals surface area contributed by atoms with Gasteiger partial charge in [-0.2, -0.15) is 0 Å². The number of nitrogens with zero attached hydrogens (tertiary/aromatic N) is 3. The summed E-state index contributed by atoms with van der Waals surface area (Å²) in [6, 6.07) is 6.49. The molecule has 0 saturated carbocycles. The second-order valence-corrected chi connectivity index (χ2v) is 7.02. The molecule has 1 atom stereocenters. The third-order valence-electron chi connectivity index (χ3n) is 3.81. The molecule has 0 spiro atoms. The topological polar surface area (TPSA) is 45.4 Å². The molecule has 1 aliphatic rings. The molecule has 1 aromatic heterocycles. The maximum atomic E-state index is 5.94. The van der Waals surface area contributed by atoms with Crippen LogP contribution >= 0.6 is 27.3 Å². The first kappa shape index (κ1) is 14.8. The molecule has 2 heterocycles. The number of aromatic nitrogens is 1. The molecule has 112 valence electrons. The van der Waals surface area contributed by atoms with Crippen LogP contribution in [0.15, 0.2) is 34.2 Å². The van der Waals surface area contributed by atoms with Gasteiger partial charge in [0.15, 0.2) is 5.13 Å². The first-order chi connectivity index (χ1) is 10.1. The lowest BCUT2D eigenvalue weighted by Crippen LogP contribution is -2.46. The average Bonchev–Trinajstić information content (AvgIpc) is 3.01. The molecule has 1 aromatic carbocycles. The number of thiazole rings is 1. The Morgan fingerprint density at radius 3 is 2.52 bits per heavy atom. The van der Waals surface area contributed by atoms with Gasteiger partial charge in [0.2, 0.25) is 0 Å². The fourth-order valence-corrected chi connectivity index (χ4v) is 3.92. The van der Waals surface area contributed by atoms with Crippen molar-refractivity contribution in [1.82, 2.24) is 4.98 Å². The predicted molar refractivity (Wildman–Crippen MR) is 93.3 cm³/mol. The van der Waals surface area contributed by atoms with Crippen LogP contribution in [0, 0.1) is 0 Å². The Kier molecular flexibility index (Phi) is 4.47. The number of rotatable bonds is 3. The quantitative estimate of drug-likeness (QED) is 0.905. The van der Waals surface area contributed by atoms with Crippen molar-refractivity contribution in [3.63, 3.8) is 0 Å². The molecular formula is C15H19BrN4S. The zero-order valence-corrected chi connectivity index (χ0v) is 14.4. The van der Waals surface area contributed by atoms with Gasteiger partial charge in [-0.3, -0.25) is 0 Å². The van der Waals surface area contributed by atoms with Crippen LogP contribution in [0.2, 0.25) is 0 Å². The van der Waals surface area contributed by atoms with Gasteiger partial charge in [-0.25, -0.2) is 4.98 Å². The van der Waals surface area contributed by atoms with Gasteiger partial charge in [0.1, 0.15) is 0 Å². The predicted octanol–water partition coefficient (Wildman–Crippen LogP) is 3.25. The van der Waals surface area contributed by atoms with Crippen LogP contribution < -0.4 is 15.5 Å². The van der Waals surface area contributed by atoms with Gasteiger partial charge in [-0.05, 0) is 40.5 Å². The third kappa shape index (κ3) is 3.22. The Hall–Kier alpha value is -1.11. The van der Waals surface area contributed by atoms with Crippen molar-refractivity contribution in [3.8, 4) is 0 Å². The van der Waals surface area contributed by atoms with E-state index in [1.165, 1.54) is 5.69 Å². The van der Waals surface area contributed by atoms with E-state index in [-0.39, 0.29) is 6.04 Å². The van der Waals surface area contributed by atoms with Gasteiger partial charge in [0.05, 0.1) is 5.69 Å². The number of halogens is 1. The summed E-state index contributed by atoms with van der Waals surface area (Å²) in [4.78, 5) is 9.16. The molecule has 1 aliphatic heterocycles. The SMILES string of the molecule is C[C@H](N)c1ccc(N2CCN(c3nccs3)CC2)c(Br)c1. The average molecular weight is 367 g/mol. The van der Waals surface area contributed by atoms with Gasteiger partial charge in [-0.15, -0.1) is 11.3 Å². The summed E-state index contributed by atoms with van der Waals surface area (Å²) < 4.78 is 1.12. The molecule has 4 nitrogen and oxygen atoms in total. The number of anilines is 2. The second kappa shape index (κ2) is 6.34. The van der Waals surface area contributed by atoms with Crippen LogP contribution in [0.25, 0.3) is 0 Å². The summed E-state index contributed by atoms with van der Waals surface area (Å²) in [7, 11) is 0. The molecule has 0 aliphatic carbocycles. The van der Waals surface area contributed by atoms with Crippen molar-refractivity contribution >= 4 is 38.1 Å². The van der Waals surface area contributed by atoms with Crippen LogP contribution in [-0.4, -0.2) is 31.2 Å². The smallest absolute Gasteiger partial charge is 0.185 e. The highest BCUT2D eigenvalue weighted by Gasteiger charge is 2.20. The maximum absolute atomic E-state index is 5.94. The Labute approximate surface area is 137 Å². The summed E-state index contributed by atoms with van der Waals surface area (Å²) in [5.41, 5.74) is 8.34. The van der Waals surface area contributed by atoms with Crippen LogP contribution in [0.1, 0.15) is 18.5 Å². The summed E-state index contributed by atoms with van der Waals surface area (Å²) >= 11 is 5.39. The first-order valence-electron chi connectivity index (χ1n) is 7.09. The normalized spacial score (nSPS) is 17.1. The van der Waals surface area contributed by atoms with E-state index in [0.717, 1.165) is 41.3 Å². The number of hydrogen-bond donors (Lipinski definition) is 1. The lowest BCUT2D eigenvalue weighted by atomic mass is 10.1. The van der Waals surface area contributed by atoms with Gasteiger partial charge in [0.25, 0.3) is 0 Å². The van der Waals surface area contributed by atoms with Crippen molar-refractivity contribution < 1.29 is 0 Å². The monoisotopic (exact) mass is 366 g/mol. The van der Waals surface area contributed by atoms with Crippen LogP contribution in [0.5, 0.6) is 0 Å². The first-order valence-corrected chi connectivity index (χ1v) is 8.77. The molecule has 0 radical (unpaired) electrons. The minimum atomic E-state index is 0.0668.